The molecule has 1 heterocycles. The van der Waals surface area contributed by atoms with E-state index in [0.717, 1.165) is 30.8 Å². The zero-order valence-electron chi connectivity index (χ0n) is 10.3. The molecule has 1 aliphatic rings. The maximum atomic E-state index is 11.2. The van der Waals surface area contributed by atoms with Crippen molar-refractivity contribution in [1.82, 2.24) is 0 Å². The summed E-state index contributed by atoms with van der Waals surface area (Å²) < 4.78 is 0. The lowest BCUT2D eigenvalue weighted by Gasteiger charge is -2.25. The molecule has 4 heteroatoms. The Balaban J connectivity index is 2.27. The van der Waals surface area contributed by atoms with Gasteiger partial charge in [-0.15, -0.1) is 0 Å². The van der Waals surface area contributed by atoms with Crippen LogP contribution in [0.2, 0.25) is 0 Å². The van der Waals surface area contributed by atoms with Gasteiger partial charge in [-0.2, -0.15) is 0 Å². The second kappa shape index (κ2) is 4.65. The fourth-order valence-corrected chi connectivity index (χ4v) is 2.28. The second-order valence-corrected chi connectivity index (χ2v) is 4.60. The zero-order valence-corrected chi connectivity index (χ0v) is 10.3. The Hall–Kier alpha value is -1.71. The van der Waals surface area contributed by atoms with Gasteiger partial charge in [-0.25, -0.2) is 4.79 Å². The molecule has 0 spiro atoms. The summed E-state index contributed by atoms with van der Waals surface area (Å²) in [5, 5.41) is 9.17. The maximum Gasteiger partial charge on any atom is 0.326 e. The van der Waals surface area contributed by atoms with E-state index in [4.69, 9.17) is 0 Å². The smallest absolute Gasteiger partial charge is 0.326 e. The molecule has 0 aromatic heterocycles. The maximum absolute atomic E-state index is 11.2. The van der Waals surface area contributed by atoms with E-state index in [1.165, 1.54) is 0 Å². The Morgan fingerprint density at radius 1 is 1.47 bits per heavy atom. The number of rotatable bonds is 3. The highest BCUT2D eigenvalue weighted by Crippen LogP contribution is 2.28. The van der Waals surface area contributed by atoms with Crippen LogP contribution in [-0.2, 0) is 4.79 Å². The van der Waals surface area contributed by atoms with E-state index in [9.17, 15) is 9.90 Å². The predicted octanol–water partition coefficient (Wildman–Crippen LogP) is 1.81. The SMILES string of the molecule is CN(C)c1cccc(N2CCCC2C(=O)O)c1. The molecular weight excluding hydrogens is 216 g/mol. The summed E-state index contributed by atoms with van der Waals surface area (Å²) in [7, 11) is 3.97. The Morgan fingerprint density at radius 2 is 2.24 bits per heavy atom. The summed E-state index contributed by atoms with van der Waals surface area (Å²) in [6.45, 7) is 0.827. The molecule has 0 radical (unpaired) electrons. The molecule has 1 aromatic carbocycles. The van der Waals surface area contributed by atoms with Gasteiger partial charge in [-0.3, -0.25) is 0 Å². The summed E-state index contributed by atoms with van der Waals surface area (Å²) >= 11 is 0. The Bertz CT molecular complexity index is 418. The minimum absolute atomic E-state index is 0.368. The van der Waals surface area contributed by atoms with Crippen molar-refractivity contribution in [2.75, 3.05) is 30.4 Å². The van der Waals surface area contributed by atoms with Crippen molar-refractivity contribution in [2.45, 2.75) is 18.9 Å². The van der Waals surface area contributed by atoms with Gasteiger partial charge in [-0.05, 0) is 31.0 Å². The number of carboxylic acids is 1. The molecule has 1 fully saturated rings. The van der Waals surface area contributed by atoms with Gasteiger partial charge in [0.2, 0.25) is 0 Å². The average Bonchev–Trinajstić information content (AvgIpc) is 2.78. The van der Waals surface area contributed by atoms with Crippen molar-refractivity contribution in [3.63, 3.8) is 0 Å². The fraction of sp³-hybridized carbons (Fsp3) is 0.462. The molecule has 0 aliphatic carbocycles. The van der Waals surface area contributed by atoms with Crippen molar-refractivity contribution in [3.8, 4) is 0 Å². The van der Waals surface area contributed by atoms with E-state index < -0.39 is 5.97 Å². The van der Waals surface area contributed by atoms with Gasteiger partial charge in [0.1, 0.15) is 6.04 Å². The predicted molar refractivity (Wildman–Crippen MR) is 68.8 cm³/mol. The molecule has 0 saturated carbocycles. The average molecular weight is 234 g/mol. The fourth-order valence-electron chi connectivity index (χ4n) is 2.28. The van der Waals surface area contributed by atoms with Crippen LogP contribution in [0.25, 0.3) is 0 Å². The molecule has 0 bridgehead atoms. The van der Waals surface area contributed by atoms with Gasteiger partial charge in [-0.1, -0.05) is 6.07 Å². The molecular formula is C13H18N2O2. The van der Waals surface area contributed by atoms with E-state index in [0.29, 0.717) is 0 Å². The van der Waals surface area contributed by atoms with Crippen LogP contribution in [0, 0.1) is 0 Å². The van der Waals surface area contributed by atoms with Gasteiger partial charge in [0.05, 0.1) is 0 Å². The zero-order chi connectivity index (χ0) is 12.4. The van der Waals surface area contributed by atoms with Crippen molar-refractivity contribution in [2.24, 2.45) is 0 Å². The van der Waals surface area contributed by atoms with Crippen LogP contribution in [0.3, 0.4) is 0 Å². The molecule has 0 amide bonds. The highest BCUT2D eigenvalue weighted by molar-refractivity contribution is 5.79. The van der Waals surface area contributed by atoms with Crippen molar-refractivity contribution in [1.29, 1.82) is 0 Å². The molecule has 1 aromatic rings. The molecule has 1 saturated heterocycles. The first-order chi connectivity index (χ1) is 8.09. The first kappa shape index (κ1) is 11.8. The summed E-state index contributed by atoms with van der Waals surface area (Å²) in [4.78, 5) is 15.2. The van der Waals surface area contributed by atoms with Crippen molar-refractivity contribution < 1.29 is 9.90 Å². The number of hydrogen-bond donors (Lipinski definition) is 1. The molecule has 1 unspecified atom stereocenters. The van der Waals surface area contributed by atoms with E-state index in [1.807, 2.05) is 48.2 Å². The quantitative estimate of drug-likeness (QED) is 0.866. The molecule has 2 rings (SSSR count). The molecule has 1 N–H and O–H groups in total. The number of benzene rings is 1. The number of nitrogens with zero attached hydrogens (tertiary/aromatic N) is 2. The number of aliphatic carboxylic acids is 1. The molecule has 1 atom stereocenters. The van der Waals surface area contributed by atoms with Crippen LogP contribution in [-0.4, -0.2) is 37.8 Å². The lowest BCUT2D eigenvalue weighted by atomic mass is 10.2. The summed E-state index contributed by atoms with van der Waals surface area (Å²) in [5.74, 6) is -0.724. The van der Waals surface area contributed by atoms with Gasteiger partial charge in [0, 0.05) is 32.0 Å². The number of anilines is 2. The van der Waals surface area contributed by atoms with Gasteiger partial charge < -0.3 is 14.9 Å². The minimum Gasteiger partial charge on any atom is -0.480 e. The third kappa shape index (κ3) is 2.35. The number of carboxylic acid groups (broad SMARTS) is 1. The van der Waals surface area contributed by atoms with Crippen LogP contribution in [0.15, 0.2) is 24.3 Å². The van der Waals surface area contributed by atoms with Crippen molar-refractivity contribution in [3.05, 3.63) is 24.3 Å². The summed E-state index contributed by atoms with van der Waals surface area (Å²) in [6.07, 6.45) is 1.69. The third-order valence-corrected chi connectivity index (χ3v) is 3.22. The van der Waals surface area contributed by atoms with Crippen molar-refractivity contribution >= 4 is 17.3 Å². The van der Waals surface area contributed by atoms with Gasteiger partial charge in [0.25, 0.3) is 0 Å². The largest absolute Gasteiger partial charge is 0.480 e. The summed E-state index contributed by atoms with van der Waals surface area (Å²) in [5.41, 5.74) is 2.10. The van der Waals surface area contributed by atoms with Crippen LogP contribution < -0.4 is 9.80 Å². The highest BCUT2D eigenvalue weighted by atomic mass is 16.4. The minimum atomic E-state index is -0.724. The number of carbonyl (C=O) groups is 1. The molecule has 4 nitrogen and oxygen atoms in total. The lowest BCUT2D eigenvalue weighted by molar-refractivity contribution is -0.138. The topological polar surface area (TPSA) is 43.8 Å². The normalized spacial score (nSPS) is 19.4. The van der Waals surface area contributed by atoms with Crippen LogP contribution in [0.4, 0.5) is 11.4 Å². The van der Waals surface area contributed by atoms with E-state index in [-0.39, 0.29) is 6.04 Å². The second-order valence-electron chi connectivity index (χ2n) is 4.60. The molecule has 1 aliphatic heterocycles. The first-order valence-corrected chi connectivity index (χ1v) is 5.86. The first-order valence-electron chi connectivity index (χ1n) is 5.86. The number of hydrogen-bond acceptors (Lipinski definition) is 3. The summed E-state index contributed by atoms with van der Waals surface area (Å²) in [6, 6.07) is 7.65. The van der Waals surface area contributed by atoms with Crippen LogP contribution in [0.5, 0.6) is 0 Å². The van der Waals surface area contributed by atoms with Gasteiger partial charge in [0.15, 0.2) is 0 Å². The van der Waals surface area contributed by atoms with Crippen LogP contribution >= 0.6 is 0 Å². The van der Waals surface area contributed by atoms with Gasteiger partial charge >= 0.3 is 5.97 Å². The van der Waals surface area contributed by atoms with E-state index in [2.05, 4.69) is 0 Å². The third-order valence-electron chi connectivity index (χ3n) is 3.22. The van der Waals surface area contributed by atoms with E-state index >= 15 is 0 Å². The monoisotopic (exact) mass is 234 g/mol. The molecule has 92 valence electrons. The lowest BCUT2D eigenvalue weighted by Crippen LogP contribution is -2.35. The van der Waals surface area contributed by atoms with E-state index in [1.54, 1.807) is 0 Å². The van der Waals surface area contributed by atoms with Crippen LogP contribution in [0.1, 0.15) is 12.8 Å². The molecule has 17 heavy (non-hydrogen) atoms. The Kier molecular flexibility index (Phi) is 3.22. The Morgan fingerprint density at radius 3 is 2.88 bits per heavy atom. The Labute approximate surface area is 101 Å². The standard InChI is InChI=1S/C13H18N2O2/c1-14(2)10-5-3-6-11(9-10)15-8-4-7-12(15)13(16)17/h3,5-6,9,12H,4,7-8H2,1-2H3,(H,16,17). The highest BCUT2D eigenvalue weighted by Gasteiger charge is 2.30.